The van der Waals surface area contributed by atoms with E-state index in [4.69, 9.17) is 0 Å². The van der Waals surface area contributed by atoms with Gasteiger partial charge in [-0.3, -0.25) is 4.79 Å². The second kappa shape index (κ2) is 7.27. The Morgan fingerprint density at radius 3 is 2.24 bits per heavy atom. The second-order valence-corrected chi connectivity index (χ2v) is 8.77. The van der Waals surface area contributed by atoms with E-state index in [-0.39, 0.29) is 10.8 Å². The molecule has 3 rings (SSSR count). The second-order valence-electron chi connectivity index (χ2n) is 5.97. The number of rotatable bonds is 3. The van der Waals surface area contributed by atoms with Gasteiger partial charge in [0.15, 0.2) is 0 Å². The van der Waals surface area contributed by atoms with Gasteiger partial charge >= 0.3 is 0 Å². The van der Waals surface area contributed by atoms with Crippen molar-refractivity contribution in [1.82, 2.24) is 9.21 Å². The van der Waals surface area contributed by atoms with E-state index in [9.17, 15) is 13.2 Å². The summed E-state index contributed by atoms with van der Waals surface area (Å²) in [5.74, 6) is -0.0582. The Labute approximate surface area is 156 Å². The average molecular weight is 423 g/mol. The van der Waals surface area contributed by atoms with Crippen LogP contribution >= 0.6 is 15.9 Å². The van der Waals surface area contributed by atoms with Gasteiger partial charge in [-0.15, -0.1) is 0 Å². The number of sulfonamides is 1. The van der Waals surface area contributed by atoms with Gasteiger partial charge in [0.1, 0.15) is 0 Å². The van der Waals surface area contributed by atoms with Crippen LogP contribution in [0.15, 0.2) is 57.9 Å². The fourth-order valence-electron chi connectivity index (χ4n) is 2.82. The molecule has 1 heterocycles. The summed E-state index contributed by atoms with van der Waals surface area (Å²) in [6.45, 7) is 3.25. The third kappa shape index (κ3) is 3.78. The molecule has 1 aliphatic heterocycles. The molecule has 1 saturated heterocycles. The Balaban J connectivity index is 1.71. The molecule has 1 aliphatic rings. The molecule has 132 valence electrons. The van der Waals surface area contributed by atoms with Gasteiger partial charge in [0, 0.05) is 36.2 Å². The zero-order valence-electron chi connectivity index (χ0n) is 13.9. The van der Waals surface area contributed by atoms with Crippen LogP contribution in [0.2, 0.25) is 0 Å². The summed E-state index contributed by atoms with van der Waals surface area (Å²) in [5, 5.41) is 0. The molecule has 0 saturated carbocycles. The van der Waals surface area contributed by atoms with E-state index in [2.05, 4.69) is 15.9 Å². The zero-order chi connectivity index (χ0) is 18.0. The van der Waals surface area contributed by atoms with Gasteiger partial charge in [0.05, 0.1) is 4.90 Å². The van der Waals surface area contributed by atoms with Crippen LogP contribution in [0.4, 0.5) is 0 Å². The first-order chi connectivity index (χ1) is 11.9. The van der Waals surface area contributed by atoms with Gasteiger partial charge < -0.3 is 4.90 Å². The van der Waals surface area contributed by atoms with Gasteiger partial charge in [0.2, 0.25) is 10.0 Å². The number of carbonyl (C=O) groups is 1. The fraction of sp³-hybridized carbons (Fsp3) is 0.278. The molecule has 5 nitrogen and oxygen atoms in total. The molecule has 0 atom stereocenters. The van der Waals surface area contributed by atoms with Crippen molar-refractivity contribution in [2.24, 2.45) is 0 Å². The molecular formula is C18H19BrN2O3S. The van der Waals surface area contributed by atoms with E-state index >= 15 is 0 Å². The molecule has 2 aromatic carbocycles. The number of amides is 1. The van der Waals surface area contributed by atoms with E-state index in [0.29, 0.717) is 31.7 Å². The molecule has 0 radical (unpaired) electrons. The summed E-state index contributed by atoms with van der Waals surface area (Å²) < 4.78 is 27.9. The van der Waals surface area contributed by atoms with Crippen molar-refractivity contribution in [3.05, 3.63) is 64.1 Å². The lowest BCUT2D eigenvalue weighted by Gasteiger charge is -2.34. The van der Waals surface area contributed by atoms with Gasteiger partial charge in [-0.2, -0.15) is 4.31 Å². The lowest BCUT2D eigenvalue weighted by Crippen LogP contribution is -2.50. The largest absolute Gasteiger partial charge is 0.336 e. The molecule has 1 fully saturated rings. The smallest absolute Gasteiger partial charge is 0.253 e. The third-order valence-corrected chi connectivity index (χ3v) is 7.10. The van der Waals surface area contributed by atoms with Crippen molar-refractivity contribution in [2.45, 2.75) is 11.8 Å². The van der Waals surface area contributed by atoms with Gasteiger partial charge in [-0.05, 0) is 42.8 Å². The van der Waals surface area contributed by atoms with Gasteiger partial charge in [-0.1, -0.05) is 34.1 Å². The highest BCUT2D eigenvalue weighted by molar-refractivity contribution is 9.10. The Morgan fingerprint density at radius 2 is 1.64 bits per heavy atom. The summed E-state index contributed by atoms with van der Waals surface area (Å²) in [5.41, 5.74) is 1.50. The van der Waals surface area contributed by atoms with Crippen molar-refractivity contribution >= 4 is 31.9 Å². The highest BCUT2D eigenvalue weighted by Gasteiger charge is 2.30. The molecule has 0 N–H and O–H groups in total. The Kier molecular flexibility index (Phi) is 5.27. The first-order valence-electron chi connectivity index (χ1n) is 8.00. The maximum absolute atomic E-state index is 12.8. The maximum atomic E-state index is 12.8. The molecule has 1 amide bonds. The summed E-state index contributed by atoms with van der Waals surface area (Å²) in [6.07, 6.45) is 0. The standard InChI is InChI=1S/C18H19BrN2O3S/c1-14-13-16(7-8-17(14)19)25(23,24)21-11-9-20(10-12-21)18(22)15-5-3-2-4-6-15/h2-8,13H,9-12H2,1H3. The summed E-state index contributed by atoms with van der Waals surface area (Å²) in [4.78, 5) is 14.5. The number of hydrogen-bond acceptors (Lipinski definition) is 3. The highest BCUT2D eigenvalue weighted by Crippen LogP contribution is 2.23. The van der Waals surface area contributed by atoms with Gasteiger partial charge in [-0.25, -0.2) is 8.42 Å². The number of benzene rings is 2. The van der Waals surface area contributed by atoms with Crippen molar-refractivity contribution in [3.63, 3.8) is 0 Å². The normalized spacial score (nSPS) is 16.0. The number of piperazine rings is 1. The lowest BCUT2D eigenvalue weighted by atomic mass is 10.2. The van der Waals surface area contributed by atoms with Crippen LogP contribution in [0.1, 0.15) is 15.9 Å². The van der Waals surface area contributed by atoms with Crippen LogP contribution in [-0.2, 0) is 10.0 Å². The predicted octanol–water partition coefficient (Wildman–Crippen LogP) is 2.90. The third-order valence-electron chi connectivity index (χ3n) is 4.31. The van der Waals surface area contributed by atoms with Crippen molar-refractivity contribution in [2.75, 3.05) is 26.2 Å². The molecule has 7 heteroatoms. The molecule has 0 bridgehead atoms. The van der Waals surface area contributed by atoms with E-state index in [1.165, 1.54) is 4.31 Å². The molecule has 25 heavy (non-hydrogen) atoms. The minimum Gasteiger partial charge on any atom is -0.336 e. The molecule has 0 aromatic heterocycles. The molecule has 0 aliphatic carbocycles. The van der Waals surface area contributed by atoms with Crippen LogP contribution in [0, 0.1) is 6.92 Å². The average Bonchev–Trinajstić information content (AvgIpc) is 2.64. The Hall–Kier alpha value is -1.70. The first-order valence-corrected chi connectivity index (χ1v) is 10.2. The summed E-state index contributed by atoms with van der Waals surface area (Å²) in [7, 11) is -3.54. The van der Waals surface area contributed by atoms with Crippen LogP contribution in [0.5, 0.6) is 0 Å². The van der Waals surface area contributed by atoms with E-state index < -0.39 is 10.0 Å². The summed E-state index contributed by atoms with van der Waals surface area (Å²) >= 11 is 3.39. The Bertz CT molecular complexity index is 876. The van der Waals surface area contributed by atoms with Gasteiger partial charge in [0.25, 0.3) is 5.91 Å². The molecule has 0 spiro atoms. The van der Waals surface area contributed by atoms with E-state index in [0.717, 1.165) is 10.0 Å². The molecule has 2 aromatic rings. The maximum Gasteiger partial charge on any atom is 0.253 e. The predicted molar refractivity (Wildman–Crippen MR) is 100.0 cm³/mol. The monoisotopic (exact) mass is 422 g/mol. The number of aryl methyl sites for hydroxylation is 1. The number of nitrogens with zero attached hydrogens (tertiary/aromatic N) is 2. The van der Waals surface area contributed by atoms with Crippen molar-refractivity contribution in [3.8, 4) is 0 Å². The number of hydrogen-bond donors (Lipinski definition) is 0. The van der Waals surface area contributed by atoms with E-state index in [1.54, 1.807) is 35.2 Å². The van der Waals surface area contributed by atoms with Crippen molar-refractivity contribution < 1.29 is 13.2 Å². The first kappa shape index (κ1) is 18.1. The molecular weight excluding hydrogens is 404 g/mol. The quantitative estimate of drug-likeness (QED) is 0.763. The number of carbonyl (C=O) groups excluding carboxylic acids is 1. The van der Waals surface area contributed by atoms with E-state index in [1.807, 2.05) is 25.1 Å². The number of halogens is 1. The van der Waals surface area contributed by atoms with Crippen LogP contribution < -0.4 is 0 Å². The minimum absolute atomic E-state index is 0.0582. The lowest BCUT2D eigenvalue weighted by molar-refractivity contribution is 0.0698. The van der Waals surface area contributed by atoms with Crippen LogP contribution in [0.25, 0.3) is 0 Å². The molecule has 0 unspecified atom stereocenters. The highest BCUT2D eigenvalue weighted by atomic mass is 79.9. The van der Waals surface area contributed by atoms with Crippen LogP contribution in [0.3, 0.4) is 0 Å². The zero-order valence-corrected chi connectivity index (χ0v) is 16.3. The topological polar surface area (TPSA) is 57.7 Å². The fourth-order valence-corrected chi connectivity index (χ4v) is 4.58. The summed E-state index contributed by atoms with van der Waals surface area (Å²) in [6, 6.07) is 14.1. The SMILES string of the molecule is Cc1cc(S(=O)(=O)N2CCN(C(=O)c3ccccc3)CC2)ccc1Br. The Morgan fingerprint density at radius 1 is 1.00 bits per heavy atom. The van der Waals surface area contributed by atoms with Crippen LogP contribution in [-0.4, -0.2) is 49.7 Å². The van der Waals surface area contributed by atoms with Crippen molar-refractivity contribution in [1.29, 1.82) is 0 Å². The minimum atomic E-state index is -3.54.